The van der Waals surface area contributed by atoms with Crippen molar-refractivity contribution < 1.29 is 17.9 Å². The van der Waals surface area contributed by atoms with E-state index in [1.54, 1.807) is 13.0 Å². The van der Waals surface area contributed by atoms with Crippen LogP contribution in [0.2, 0.25) is 0 Å². The largest absolute Gasteiger partial charge is 0.441 e. The van der Waals surface area contributed by atoms with Gasteiger partial charge in [-0.05, 0) is 18.6 Å². The van der Waals surface area contributed by atoms with E-state index >= 15 is 0 Å². The number of oxazole rings is 1. The normalized spacial score (nSPS) is 12.1. The molecule has 0 atom stereocenters. The third-order valence-corrected chi connectivity index (χ3v) is 4.20. The first kappa shape index (κ1) is 12.1. The second-order valence-electron chi connectivity index (χ2n) is 3.76. The average molecular weight is 255 g/mol. The third-order valence-electron chi connectivity index (χ3n) is 2.40. The topological polar surface area (TPSA) is 80.4 Å². The molecule has 0 fully saturated rings. The van der Waals surface area contributed by atoms with Crippen LogP contribution >= 0.6 is 0 Å². The summed E-state index contributed by atoms with van der Waals surface area (Å²) >= 11 is 0. The molecule has 1 aromatic carbocycles. The van der Waals surface area contributed by atoms with Gasteiger partial charge >= 0.3 is 0 Å². The van der Waals surface area contributed by atoms with Crippen LogP contribution in [-0.4, -0.2) is 30.9 Å². The van der Waals surface area contributed by atoms with Crippen LogP contribution in [0.3, 0.4) is 0 Å². The maximum Gasteiger partial charge on any atom is 0.192 e. The summed E-state index contributed by atoms with van der Waals surface area (Å²) in [6.07, 6.45) is 0.232. The third kappa shape index (κ3) is 2.48. The van der Waals surface area contributed by atoms with Gasteiger partial charge in [0.25, 0.3) is 0 Å². The van der Waals surface area contributed by atoms with Crippen molar-refractivity contribution in [3.63, 3.8) is 0 Å². The SMILES string of the molecule is Cc1nc2ccc(S(=O)(=O)CCCO)cc2o1. The zero-order chi connectivity index (χ0) is 12.5. The minimum atomic E-state index is -3.35. The highest BCUT2D eigenvalue weighted by Crippen LogP contribution is 2.20. The minimum Gasteiger partial charge on any atom is -0.441 e. The molecule has 0 amide bonds. The number of nitrogens with zero attached hydrogens (tertiary/aromatic N) is 1. The lowest BCUT2D eigenvalue weighted by Gasteiger charge is -2.02. The second-order valence-corrected chi connectivity index (χ2v) is 5.87. The van der Waals surface area contributed by atoms with Crippen molar-refractivity contribution in [2.24, 2.45) is 0 Å². The van der Waals surface area contributed by atoms with E-state index in [2.05, 4.69) is 4.98 Å². The predicted octanol–water partition coefficient (Wildman–Crippen LogP) is 1.29. The van der Waals surface area contributed by atoms with Crippen molar-refractivity contribution in [3.05, 3.63) is 24.1 Å². The first-order valence-electron chi connectivity index (χ1n) is 5.24. The van der Waals surface area contributed by atoms with E-state index in [4.69, 9.17) is 9.52 Å². The van der Waals surface area contributed by atoms with Crippen molar-refractivity contribution in [3.8, 4) is 0 Å². The fraction of sp³-hybridized carbons (Fsp3) is 0.364. The Morgan fingerprint density at radius 2 is 2.18 bits per heavy atom. The number of aromatic nitrogens is 1. The highest BCUT2D eigenvalue weighted by molar-refractivity contribution is 7.91. The number of benzene rings is 1. The van der Waals surface area contributed by atoms with Crippen LogP contribution < -0.4 is 0 Å². The lowest BCUT2D eigenvalue weighted by Crippen LogP contribution is -2.08. The molecular weight excluding hydrogens is 242 g/mol. The van der Waals surface area contributed by atoms with Crippen molar-refractivity contribution >= 4 is 20.9 Å². The summed E-state index contributed by atoms with van der Waals surface area (Å²) in [5.74, 6) is 0.437. The quantitative estimate of drug-likeness (QED) is 0.890. The van der Waals surface area contributed by atoms with Crippen molar-refractivity contribution in [1.29, 1.82) is 0 Å². The molecule has 0 spiro atoms. The summed E-state index contributed by atoms with van der Waals surface area (Å²) < 4.78 is 29.0. The number of sulfone groups is 1. The Balaban J connectivity index is 2.42. The van der Waals surface area contributed by atoms with Crippen LogP contribution in [0.15, 0.2) is 27.5 Å². The maximum absolute atomic E-state index is 11.9. The Morgan fingerprint density at radius 3 is 2.88 bits per heavy atom. The lowest BCUT2D eigenvalue weighted by molar-refractivity contribution is 0.295. The molecule has 1 N–H and O–H groups in total. The van der Waals surface area contributed by atoms with E-state index in [9.17, 15) is 8.42 Å². The molecule has 2 aromatic rings. The summed E-state index contributed by atoms with van der Waals surface area (Å²) in [4.78, 5) is 4.30. The molecule has 0 bridgehead atoms. The highest BCUT2D eigenvalue weighted by Gasteiger charge is 2.15. The molecule has 6 heteroatoms. The molecule has 92 valence electrons. The summed E-state index contributed by atoms with van der Waals surface area (Å²) in [6, 6.07) is 4.61. The monoisotopic (exact) mass is 255 g/mol. The summed E-state index contributed by atoms with van der Waals surface area (Å²) in [5.41, 5.74) is 1.11. The highest BCUT2D eigenvalue weighted by atomic mass is 32.2. The zero-order valence-corrected chi connectivity index (χ0v) is 10.2. The van der Waals surface area contributed by atoms with Crippen molar-refractivity contribution in [2.75, 3.05) is 12.4 Å². The Hall–Kier alpha value is -1.40. The van der Waals surface area contributed by atoms with Gasteiger partial charge in [-0.2, -0.15) is 0 Å². The maximum atomic E-state index is 11.9. The lowest BCUT2D eigenvalue weighted by atomic mass is 10.3. The number of hydrogen-bond donors (Lipinski definition) is 1. The van der Waals surface area contributed by atoms with Gasteiger partial charge in [0, 0.05) is 19.6 Å². The zero-order valence-electron chi connectivity index (χ0n) is 9.38. The molecule has 0 saturated carbocycles. The van der Waals surface area contributed by atoms with Crippen LogP contribution in [-0.2, 0) is 9.84 Å². The van der Waals surface area contributed by atoms with Gasteiger partial charge in [-0.3, -0.25) is 0 Å². The Labute approximate surface area is 99.0 Å². The van der Waals surface area contributed by atoms with Gasteiger partial charge in [0.05, 0.1) is 10.6 Å². The van der Waals surface area contributed by atoms with Crippen LogP contribution in [0.1, 0.15) is 12.3 Å². The molecule has 1 heterocycles. The fourth-order valence-corrected chi connectivity index (χ4v) is 2.89. The second kappa shape index (κ2) is 4.46. The van der Waals surface area contributed by atoms with E-state index in [0.29, 0.717) is 17.0 Å². The number of aliphatic hydroxyl groups excluding tert-OH is 1. The summed E-state index contributed by atoms with van der Waals surface area (Å²) in [6.45, 7) is 1.57. The van der Waals surface area contributed by atoms with Gasteiger partial charge in [-0.1, -0.05) is 0 Å². The first-order valence-corrected chi connectivity index (χ1v) is 6.89. The first-order chi connectivity index (χ1) is 8.03. The number of hydrogen-bond acceptors (Lipinski definition) is 5. The van der Waals surface area contributed by atoms with Gasteiger partial charge in [-0.15, -0.1) is 0 Å². The Kier molecular flexibility index (Phi) is 3.17. The number of fused-ring (bicyclic) bond motifs is 1. The predicted molar refractivity (Wildman–Crippen MR) is 62.5 cm³/mol. The van der Waals surface area contributed by atoms with Crippen LogP contribution in [0.5, 0.6) is 0 Å². The van der Waals surface area contributed by atoms with E-state index in [1.165, 1.54) is 12.1 Å². The Bertz CT molecular complexity index is 630. The van der Waals surface area contributed by atoms with Gasteiger partial charge in [-0.25, -0.2) is 13.4 Å². The summed E-state index contributed by atoms with van der Waals surface area (Å²) in [5, 5.41) is 8.66. The van der Waals surface area contributed by atoms with Crippen molar-refractivity contribution in [2.45, 2.75) is 18.2 Å². The van der Waals surface area contributed by atoms with Crippen LogP contribution in [0.25, 0.3) is 11.1 Å². The molecule has 0 saturated heterocycles. The minimum absolute atomic E-state index is 0.0673. The van der Waals surface area contributed by atoms with E-state index in [0.717, 1.165) is 0 Å². The molecule has 5 nitrogen and oxygen atoms in total. The van der Waals surface area contributed by atoms with Crippen LogP contribution in [0, 0.1) is 6.92 Å². The van der Waals surface area contributed by atoms with E-state index in [-0.39, 0.29) is 23.7 Å². The van der Waals surface area contributed by atoms with Gasteiger partial charge < -0.3 is 9.52 Å². The van der Waals surface area contributed by atoms with Gasteiger partial charge in [0.2, 0.25) is 0 Å². The molecule has 0 unspecified atom stereocenters. The molecule has 0 aliphatic heterocycles. The van der Waals surface area contributed by atoms with Gasteiger partial charge in [0.1, 0.15) is 5.52 Å². The average Bonchev–Trinajstić information content (AvgIpc) is 2.65. The smallest absolute Gasteiger partial charge is 0.192 e. The summed E-state index contributed by atoms with van der Waals surface area (Å²) in [7, 11) is -3.35. The number of aliphatic hydroxyl groups is 1. The number of aryl methyl sites for hydroxylation is 1. The standard InChI is InChI=1S/C11H13NO4S/c1-8-12-10-4-3-9(7-11(10)16-8)17(14,15)6-2-5-13/h3-4,7,13H,2,5-6H2,1H3. The molecule has 1 aromatic heterocycles. The molecule has 0 radical (unpaired) electrons. The molecule has 0 aliphatic carbocycles. The molecule has 17 heavy (non-hydrogen) atoms. The van der Waals surface area contributed by atoms with Crippen LogP contribution in [0.4, 0.5) is 0 Å². The molecule has 2 rings (SSSR count). The van der Waals surface area contributed by atoms with Gasteiger partial charge in [0.15, 0.2) is 21.3 Å². The molecular formula is C11H13NO4S. The van der Waals surface area contributed by atoms with E-state index < -0.39 is 9.84 Å². The van der Waals surface area contributed by atoms with E-state index in [1.807, 2.05) is 0 Å². The number of rotatable bonds is 4. The van der Waals surface area contributed by atoms with Crippen molar-refractivity contribution in [1.82, 2.24) is 4.98 Å². The fourth-order valence-electron chi connectivity index (χ4n) is 1.59. The Morgan fingerprint density at radius 1 is 1.41 bits per heavy atom. The molecule has 0 aliphatic rings.